The molecule has 162 valence electrons. The van der Waals surface area contributed by atoms with Gasteiger partial charge in [0, 0.05) is 20.6 Å². The first-order valence-corrected chi connectivity index (χ1v) is 10.1. The molecule has 2 N–H and O–H groups in total. The highest BCUT2D eigenvalue weighted by atomic mass is 16.5. The predicted molar refractivity (Wildman–Crippen MR) is 120 cm³/mol. The van der Waals surface area contributed by atoms with Crippen LogP contribution in [0.5, 0.6) is 11.5 Å². The van der Waals surface area contributed by atoms with Crippen molar-refractivity contribution >= 4 is 11.9 Å². The Bertz CT molecular complexity index is 819. The zero-order valence-electron chi connectivity index (χ0n) is 18.3. The van der Waals surface area contributed by atoms with Crippen LogP contribution in [0, 0.1) is 6.92 Å². The summed E-state index contributed by atoms with van der Waals surface area (Å²) in [6.07, 6.45) is 0. The lowest BCUT2D eigenvalue weighted by Gasteiger charge is -2.13. The van der Waals surface area contributed by atoms with Crippen molar-refractivity contribution in [2.45, 2.75) is 20.4 Å². The van der Waals surface area contributed by atoms with E-state index < -0.39 is 0 Å². The number of nitrogens with zero attached hydrogens (tertiary/aromatic N) is 2. The lowest BCUT2D eigenvalue weighted by molar-refractivity contribution is -0.130. The lowest BCUT2D eigenvalue weighted by Crippen LogP contribution is -2.39. The molecule has 0 saturated heterocycles. The number of ether oxygens (including phenoxy) is 2. The summed E-state index contributed by atoms with van der Waals surface area (Å²) in [4.78, 5) is 17.8. The summed E-state index contributed by atoms with van der Waals surface area (Å²) in [5.41, 5.74) is 2.21. The van der Waals surface area contributed by atoms with Gasteiger partial charge in [-0.05, 0) is 43.7 Å². The molecule has 0 radical (unpaired) electrons. The monoisotopic (exact) mass is 412 g/mol. The van der Waals surface area contributed by atoms with Crippen LogP contribution >= 0.6 is 0 Å². The number of hydrogen-bond donors (Lipinski definition) is 2. The quantitative estimate of drug-likeness (QED) is 0.356. The van der Waals surface area contributed by atoms with Gasteiger partial charge in [-0.15, -0.1) is 0 Å². The number of carbonyl (C=O) groups is 1. The minimum atomic E-state index is -0.0788. The maximum Gasteiger partial charge on any atom is 0.259 e. The van der Waals surface area contributed by atoms with Crippen LogP contribution in [0.25, 0.3) is 0 Å². The second kappa shape index (κ2) is 12.4. The molecule has 0 bridgehead atoms. The van der Waals surface area contributed by atoms with Crippen LogP contribution in [0.4, 0.5) is 0 Å². The number of aryl methyl sites for hydroxylation is 1. The highest BCUT2D eigenvalue weighted by molar-refractivity contribution is 5.79. The molecule has 1 amide bonds. The summed E-state index contributed by atoms with van der Waals surface area (Å²) in [7, 11) is 3.41. The Hall–Kier alpha value is -3.22. The molecule has 0 unspecified atom stereocenters. The second-order valence-electron chi connectivity index (χ2n) is 7.01. The van der Waals surface area contributed by atoms with Crippen molar-refractivity contribution < 1.29 is 14.3 Å². The van der Waals surface area contributed by atoms with Gasteiger partial charge >= 0.3 is 0 Å². The number of rotatable bonds is 10. The van der Waals surface area contributed by atoms with Crippen molar-refractivity contribution in [3.8, 4) is 11.5 Å². The summed E-state index contributed by atoms with van der Waals surface area (Å²) in [6, 6.07) is 15.6. The molecular formula is C23H32N4O3. The van der Waals surface area contributed by atoms with Gasteiger partial charge in [-0.25, -0.2) is 4.99 Å². The molecule has 0 aromatic heterocycles. The third kappa shape index (κ3) is 8.43. The smallest absolute Gasteiger partial charge is 0.259 e. The Balaban J connectivity index is 1.83. The molecule has 0 aliphatic carbocycles. The number of likely N-dealkylation sites (N-methyl/N-ethyl adjacent to an activating group) is 1. The number of guanidine groups is 1. The van der Waals surface area contributed by atoms with E-state index in [0.29, 0.717) is 25.4 Å². The van der Waals surface area contributed by atoms with E-state index >= 15 is 0 Å². The second-order valence-corrected chi connectivity index (χ2v) is 7.01. The SMILES string of the molecule is CCNC(=NCc1cccc(OCC(=O)N(C)C)c1)NCCOc1ccc(C)cc1. The number of aliphatic imine (C=N–C) groups is 1. The maximum absolute atomic E-state index is 11.7. The molecule has 0 saturated carbocycles. The van der Waals surface area contributed by atoms with Crippen LogP contribution in [0.15, 0.2) is 53.5 Å². The molecule has 2 aromatic carbocycles. The fraction of sp³-hybridized carbons (Fsp3) is 0.391. The third-order valence-electron chi connectivity index (χ3n) is 4.21. The summed E-state index contributed by atoms with van der Waals surface area (Å²) < 4.78 is 11.3. The van der Waals surface area contributed by atoms with Crippen LogP contribution in [-0.4, -0.2) is 57.2 Å². The van der Waals surface area contributed by atoms with Crippen LogP contribution in [0.2, 0.25) is 0 Å². The van der Waals surface area contributed by atoms with Gasteiger partial charge in [0.1, 0.15) is 18.1 Å². The summed E-state index contributed by atoms with van der Waals surface area (Å²) >= 11 is 0. The van der Waals surface area contributed by atoms with Gasteiger partial charge in [0.05, 0.1) is 13.1 Å². The fourth-order valence-corrected chi connectivity index (χ4v) is 2.49. The minimum Gasteiger partial charge on any atom is -0.492 e. The van der Waals surface area contributed by atoms with E-state index in [2.05, 4.69) is 22.5 Å². The third-order valence-corrected chi connectivity index (χ3v) is 4.21. The Kier molecular flexibility index (Phi) is 9.51. The molecule has 0 aliphatic rings. The van der Waals surface area contributed by atoms with Crippen LogP contribution in [0.1, 0.15) is 18.1 Å². The molecule has 30 heavy (non-hydrogen) atoms. The van der Waals surface area contributed by atoms with Crippen molar-refractivity contribution in [1.29, 1.82) is 0 Å². The molecule has 2 rings (SSSR count). The Morgan fingerprint density at radius 2 is 1.80 bits per heavy atom. The number of hydrogen-bond acceptors (Lipinski definition) is 4. The molecule has 0 fully saturated rings. The molecule has 7 heteroatoms. The van der Waals surface area contributed by atoms with Crippen LogP contribution in [0.3, 0.4) is 0 Å². The number of nitrogens with one attached hydrogen (secondary N) is 2. The molecule has 7 nitrogen and oxygen atoms in total. The minimum absolute atomic E-state index is 0.0187. The van der Waals surface area contributed by atoms with Crippen molar-refractivity contribution in [2.24, 2.45) is 4.99 Å². The predicted octanol–water partition coefficient (Wildman–Crippen LogP) is 2.60. The van der Waals surface area contributed by atoms with Gasteiger partial charge in [0.2, 0.25) is 0 Å². The van der Waals surface area contributed by atoms with Gasteiger partial charge in [-0.3, -0.25) is 4.79 Å². The lowest BCUT2D eigenvalue weighted by atomic mass is 10.2. The Labute approximate surface area is 179 Å². The Morgan fingerprint density at radius 3 is 2.50 bits per heavy atom. The Morgan fingerprint density at radius 1 is 1.03 bits per heavy atom. The highest BCUT2D eigenvalue weighted by Crippen LogP contribution is 2.14. The largest absolute Gasteiger partial charge is 0.492 e. The van der Waals surface area contributed by atoms with Gasteiger partial charge < -0.3 is 25.0 Å². The van der Waals surface area contributed by atoms with Gasteiger partial charge in [-0.1, -0.05) is 29.8 Å². The van der Waals surface area contributed by atoms with E-state index in [0.717, 1.165) is 23.8 Å². The first-order chi connectivity index (χ1) is 14.5. The molecule has 0 spiro atoms. The molecule has 0 heterocycles. The fourth-order valence-electron chi connectivity index (χ4n) is 2.49. The van der Waals surface area contributed by atoms with Crippen molar-refractivity contribution in [3.63, 3.8) is 0 Å². The molecular weight excluding hydrogens is 380 g/mol. The van der Waals surface area contributed by atoms with Crippen LogP contribution < -0.4 is 20.1 Å². The number of benzene rings is 2. The van der Waals surface area contributed by atoms with Crippen LogP contribution in [-0.2, 0) is 11.3 Å². The van der Waals surface area contributed by atoms with Crippen molar-refractivity contribution in [1.82, 2.24) is 15.5 Å². The van der Waals surface area contributed by atoms with E-state index in [9.17, 15) is 4.79 Å². The standard InChI is InChI=1S/C23H32N4O3/c1-5-24-23(25-13-14-29-20-11-9-18(2)10-12-20)26-16-19-7-6-8-21(15-19)30-17-22(28)27(3)4/h6-12,15H,5,13-14,16-17H2,1-4H3,(H2,24,25,26). The zero-order chi connectivity index (χ0) is 21.8. The van der Waals surface area contributed by atoms with E-state index in [4.69, 9.17) is 9.47 Å². The highest BCUT2D eigenvalue weighted by Gasteiger charge is 2.05. The molecule has 2 aromatic rings. The first kappa shape index (κ1) is 23.1. The average molecular weight is 413 g/mol. The summed E-state index contributed by atoms with van der Waals surface area (Å²) in [6.45, 7) is 6.52. The van der Waals surface area contributed by atoms with Crippen molar-refractivity contribution in [3.05, 3.63) is 59.7 Å². The van der Waals surface area contributed by atoms with E-state index in [1.807, 2.05) is 55.5 Å². The van der Waals surface area contributed by atoms with E-state index in [-0.39, 0.29) is 12.5 Å². The molecule has 0 aliphatic heterocycles. The topological polar surface area (TPSA) is 75.2 Å². The van der Waals surface area contributed by atoms with Gasteiger partial charge in [0.25, 0.3) is 5.91 Å². The number of amides is 1. The molecule has 0 atom stereocenters. The average Bonchev–Trinajstić information content (AvgIpc) is 2.74. The van der Waals surface area contributed by atoms with Gasteiger partial charge in [0.15, 0.2) is 12.6 Å². The first-order valence-electron chi connectivity index (χ1n) is 10.1. The number of carbonyl (C=O) groups excluding carboxylic acids is 1. The maximum atomic E-state index is 11.7. The van der Waals surface area contributed by atoms with Gasteiger partial charge in [-0.2, -0.15) is 0 Å². The zero-order valence-corrected chi connectivity index (χ0v) is 18.3. The van der Waals surface area contributed by atoms with E-state index in [1.54, 1.807) is 14.1 Å². The van der Waals surface area contributed by atoms with Crippen molar-refractivity contribution in [2.75, 3.05) is 40.4 Å². The summed E-state index contributed by atoms with van der Waals surface area (Å²) in [5.74, 6) is 2.15. The normalized spacial score (nSPS) is 11.0. The van der Waals surface area contributed by atoms with E-state index in [1.165, 1.54) is 10.5 Å². The summed E-state index contributed by atoms with van der Waals surface area (Å²) in [5, 5.41) is 6.50.